The fourth-order valence-electron chi connectivity index (χ4n) is 4.47. The number of hydrogen-bond donors (Lipinski definition) is 0. The van der Waals surface area contributed by atoms with Crippen LogP contribution in [0.15, 0.2) is 48.5 Å². The third kappa shape index (κ3) is 4.59. The molecule has 1 fully saturated rings. The van der Waals surface area contributed by atoms with Gasteiger partial charge in [0.2, 0.25) is 5.91 Å². The number of nitrogens with zero attached hydrogens (tertiary/aromatic N) is 3. The Morgan fingerprint density at radius 2 is 1.71 bits per heavy atom. The molecule has 2 aromatic carbocycles. The first-order valence-electron chi connectivity index (χ1n) is 11.2. The van der Waals surface area contributed by atoms with Crippen molar-refractivity contribution in [3.8, 4) is 5.75 Å². The van der Waals surface area contributed by atoms with Gasteiger partial charge in [0.1, 0.15) is 11.8 Å². The zero-order chi connectivity index (χ0) is 21.8. The Morgan fingerprint density at radius 1 is 1.00 bits per heavy atom. The molecule has 2 aliphatic heterocycles. The predicted molar refractivity (Wildman–Crippen MR) is 121 cm³/mol. The summed E-state index contributed by atoms with van der Waals surface area (Å²) >= 11 is 0. The molecule has 164 valence electrons. The number of ether oxygens (including phenoxy) is 1. The first-order chi connectivity index (χ1) is 15.1. The van der Waals surface area contributed by atoms with Gasteiger partial charge in [0, 0.05) is 31.9 Å². The molecule has 2 amide bonds. The van der Waals surface area contributed by atoms with E-state index in [4.69, 9.17) is 4.74 Å². The summed E-state index contributed by atoms with van der Waals surface area (Å²) in [6.45, 7) is 5.11. The SMILES string of the molecule is CCc1ccccc1OCC(=O)N1c2ccccc2CCC1C(=O)N1CCN(C)CC1. The van der Waals surface area contributed by atoms with Gasteiger partial charge in [0.15, 0.2) is 6.61 Å². The van der Waals surface area contributed by atoms with Crippen molar-refractivity contribution in [2.75, 3.05) is 44.7 Å². The monoisotopic (exact) mass is 421 g/mol. The van der Waals surface area contributed by atoms with Crippen molar-refractivity contribution in [3.05, 3.63) is 59.7 Å². The first kappa shape index (κ1) is 21.4. The quantitative estimate of drug-likeness (QED) is 0.745. The van der Waals surface area contributed by atoms with Gasteiger partial charge in [-0.25, -0.2) is 0 Å². The number of hydrogen-bond acceptors (Lipinski definition) is 4. The fraction of sp³-hybridized carbons (Fsp3) is 0.440. The number of aryl methyl sites for hydroxylation is 2. The number of likely N-dealkylation sites (N-methyl/N-ethyl adjacent to an activating group) is 1. The Balaban J connectivity index is 1.56. The number of rotatable bonds is 5. The highest BCUT2D eigenvalue weighted by atomic mass is 16.5. The zero-order valence-electron chi connectivity index (χ0n) is 18.4. The summed E-state index contributed by atoms with van der Waals surface area (Å²) in [5.74, 6) is 0.598. The summed E-state index contributed by atoms with van der Waals surface area (Å²) in [6, 6.07) is 15.2. The average molecular weight is 422 g/mol. The lowest BCUT2D eigenvalue weighted by Crippen LogP contribution is -2.57. The molecule has 2 aliphatic rings. The number of anilines is 1. The van der Waals surface area contributed by atoms with Gasteiger partial charge in [-0.15, -0.1) is 0 Å². The van der Waals surface area contributed by atoms with E-state index in [0.29, 0.717) is 19.5 Å². The Hall–Kier alpha value is -2.86. The second-order valence-electron chi connectivity index (χ2n) is 8.33. The number of amides is 2. The van der Waals surface area contributed by atoms with Gasteiger partial charge in [-0.2, -0.15) is 0 Å². The normalized spacial score (nSPS) is 19.1. The van der Waals surface area contributed by atoms with E-state index in [1.807, 2.05) is 53.4 Å². The Labute approximate surface area is 184 Å². The second kappa shape index (κ2) is 9.52. The van der Waals surface area contributed by atoms with E-state index in [1.54, 1.807) is 4.90 Å². The molecule has 6 heteroatoms. The molecule has 2 aromatic rings. The summed E-state index contributed by atoms with van der Waals surface area (Å²) in [7, 11) is 2.07. The lowest BCUT2D eigenvalue weighted by molar-refractivity contribution is -0.136. The highest BCUT2D eigenvalue weighted by molar-refractivity contribution is 6.02. The standard InChI is InChI=1S/C25H31N3O3/c1-3-19-8-5-7-11-23(19)31-18-24(29)28-21-10-6-4-9-20(21)12-13-22(28)25(30)27-16-14-26(2)15-17-27/h4-11,22H,3,12-18H2,1-2H3. The maximum atomic E-state index is 13.4. The van der Waals surface area contributed by atoms with E-state index in [0.717, 1.165) is 48.5 Å². The molecule has 0 N–H and O–H groups in total. The van der Waals surface area contributed by atoms with Crippen molar-refractivity contribution in [1.29, 1.82) is 0 Å². The van der Waals surface area contributed by atoms with Crippen molar-refractivity contribution >= 4 is 17.5 Å². The topological polar surface area (TPSA) is 53.1 Å². The van der Waals surface area contributed by atoms with Crippen LogP contribution in [0.5, 0.6) is 5.75 Å². The zero-order valence-corrected chi connectivity index (χ0v) is 18.4. The number of carbonyl (C=O) groups excluding carboxylic acids is 2. The van der Waals surface area contributed by atoms with Gasteiger partial charge >= 0.3 is 0 Å². The molecule has 0 aromatic heterocycles. The van der Waals surface area contributed by atoms with E-state index >= 15 is 0 Å². The number of para-hydroxylation sites is 2. The maximum Gasteiger partial charge on any atom is 0.265 e. The van der Waals surface area contributed by atoms with Crippen LogP contribution >= 0.6 is 0 Å². The molecular formula is C25H31N3O3. The molecule has 1 saturated heterocycles. The van der Waals surface area contributed by atoms with Crippen LogP contribution in [0, 0.1) is 0 Å². The Morgan fingerprint density at radius 3 is 2.48 bits per heavy atom. The van der Waals surface area contributed by atoms with Gasteiger partial charge in [0.25, 0.3) is 5.91 Å². The summed E-state index contributed by atoms with van der Waals surface area (Å²) < 4.78 is 5.92. The Bertz CT molecular complexity index is 937. The minimum absolute atomic E-state index is 0.0462. The van der Waals surface area contributed by atoms with Crippen LogP contribution in [-0.2, 0) is 22.4 Å². The number of piperazine rings is 1. The van der Waals surface area contributed by atoms with Crippen molar-refractivity contribution in [1.82, 2.24) is 9.80 Å². The number of carbonyl (C=O) groups is 2. The molecule has 1 unspecified atom stereocenters. The smallest absolute Gasteiger partial charge is 0.265 e. The molecule has 2 heterocycles. The van der Waals surface area contributed by atoms with E-state index in [2.05, 4.69) is 18.9 Å². The molecule has 0 saturated carbocycles. The van der Waals surface area contributed by atoms with Crippen LogP contribution in [0.25, 0.3) is 0 Å². The molecule has 1 atom stereocenters. The van der Waals surface area contributed by atoms with Crippen molar-refractivity contribution in [2.24, 2.45) is 0 Å². The van der Waals surface area contributed by atoms with E-state index in [9.17, 15) is 9.59 Å². The first-order valence-corrected chi connectivity index (χ1v) is 11.2. The molecule has 0 bridgehead atoms. The van der Waals surface area contributed by atoms with Gasteiger partial charge in [-0.1, -0.05) is 43.3 Å². The van der Waals surface area contributed by atoms with Crippen molar-refractivity contribution < 1.29 is 14.3 Å². The molecule has 0 radical (unpaired) electrons. The van der Waals surface area contributed by atoms with Crippen LogP contribution in [-0.4, -0.2) is 67.5 Å². The fourth-order valence-corrected chi connectivity index (χ4v) is 4.47. The number of benzene rings is 2. The highest BCUT2D eigenvalue weighted by Gasteiger charge is 2.38. The van der Waals surface area contributed by atoms with Gasteiger partial charge in [-0.05, 0) is 49.6 Å². The van der Waals surface area contributed by atoms with Crippen LogP contribution < -0.4 is 9.64 Å². The predicted octanol–water partition coefficient (Wildman–Crippen LogP) is 2.75. The lowest BCUT2D eigenvalue weighted by Gasteiger charge is -2.40. The third-order valence-electron chi connectivity index (χ3n) is 6.32. The van der Waals surface area contributed by atoms with Crippen LogP contribution in [0.3, 0.4) is 0 Å². The molecule has 31 heavy (non-hydrogen) atoms. The molecule has 6 nitrogen and oxygen atoms in total. The van der Waals surface area contributed by atoms with E-state index in [1.165, 1.54) is 0 Å². The van der Waals surface area contributed by atoms with E-state index < -0.39 is 6.04 Å². The minimum atomic E-state index is -0.476. The molecule has 0 aliphatic carbocycles. The average Bonchev–Trinajstić information content (AvgIpc) is 2.82. The minimum Gasteiger partial charge on any atom is -0.483 e. The summed E-state index contributed by atoms with van der Waals surface area (Å²) in [5, 5.41) is 0. The van der Waals surface area contributed by atoms with Crippen LogP contribution in [0.1, 0.15) is 24.5 Å². The van der Waals surface area contributed by atoms with Crippen molar-refractivity contribution in [2.45, 2.75) is 32.2 Å². The maximum absolute atomic E-state index is 13.4. The van der Waals surface area contributed by atoms with Gasteiger partial charge in [0.05, 0.1) is 0 Å². The van der Waals surface area contributed by atoms with Crippen LogP contribution in [0.4, 0.5) is 5.69 Å². The lowest BCUT2D eigenvalue weighted by atomic mass is 9.94. The molecule has 4 rings (SSSR count). The number of fused-ring (bicyclic) bond motifs is 1. The summed E-state index contributed by atoms with van der Waals surface area (Å²) in [6.07, 6.45) is 2.27. The largest absolute Gasteiger partial charge is 0.483 e. The third-order valence-corrected chi connectivity index (χ3v) is 6.32. The van der Waals surface area contributed by atoms with E-state index in [-0.39, 0.29) is 18.4 Å². The molecule has 0 spiro atoms. The van der Waals surface area contributed by atoms with Gasteiger partial charge in [-0.3, -0.25) is 14.5 Å². The summed E-state index contributed by atoms with van der Waals surface area (Å²) in [4.78, 5) is 32.7. The van der Waals surface area contributed by atoms with Gasteiger partial charge < -0.3 is 14.5 Å². The summed E-state index contributed by atoms with van der Waals surface area (Å²) in [5.41, 5.74) is 3.00. The van der Waals surface area contributed by atoms with Crippen LogP contribution in [0.2, 0.25) is 0 Å². The molecular weight excluding hydrogens is 390 g/mol. The Kier molecular flexibility index (Phi) is 6.56. The second-order valence-corrected chi connectivity index (χ2v) is 8.33. The highest BCUT2D eigenvalue weighted by Crippen LogP contribution is 2.32. The van der Waals surface area contributed by atoms with Crippen molar-refractivity contribution in [3.63, 3.8) is 0 Å².